The van der Waals surface area contributed by atoms with Crippen molar-refractivity contribution in [3.8, 4) is 0 Å². The van der Waals surface area contributed by atoms with E-state index in [0.29, 0.717) is 24.4 Å². The predicted octanol–water partition coefficient (Wildman–Crippen LogP) is 2.63. The number of rotatable bonds is 6. The maximum atomic E-state index is 12.9. The summed E-state index contributed by atoms with van der Waals surface area (Å²) in [6.07, 6.45) is 5.28. The first kappa shape index (κ1) is 16.8. The largest absolute Gasteiger partial charge is 0.383 e. The van der Waals surface area contributed by atoms with Crippen molar-refractivity contribution in [1.82, 2.24) is 10.2 Å². The molecule has 4 heteroatoms. The molecule has 1 saturated carbocycles. The van der Waals surface area contributed by atoms with Crippen molar-refractivity contribution in [3.05, 3.63) is 0 Å². The highest BCUT2D eigenvalue weighted by Crippen LogP contribution is 2.35. The van der Waals surface area contributed by atoms with Crippen LogP contribution < -0.4 is 5.32 Å². The molecular formula is C17H32N2O2. The van der Waals surface area contributed by atoms with Gasteiger partial charge in [-0.3, -0.25) is 10.1 Å². The maximum Gasteiger partial charge on any atom is 0.241 e. The third-order valence-electron chi connectivity index (χ3n) is 5.15. The van der Waals surface area contributed by atoms with Crippen LogP contribution in [0, 0.1) is 17.8 Å². The minimum absolute atomic E-state index is 0.0336. The van der Waals surface area contributed by atoms with Gasteiger partial charge in [0, 0.05) is 7.11 Å². The van der Waals surface area contributed by atoms with E-state index in [4.69, 9.17) is 4.74 Å². The smallest absolute Gasteiger partial charge is 0.241 e. The molecule has 0 radical (unpaired) electrons. The topological polar surface area (TPSA) is 41.6 Å². The van der Waals surface area contributed by atoms with Gasteiger partial charge in [-0.1, -0.05) is 40.5 Å². The highest BCUT2D eigenvalue weighted by molar-refractivity contribution is 5.85. The molecule has 4 nitrogen and oxygen atoms in total. The van der Waals surface area contributed by atoms with Gasteiger partial charge >= 0.3 is 0 Å². The number of nitrogens with one attached hydrogen (secondary N) is 1. The molecule has 0 aromatic rings. The van der Waals surface area contributed by atoms with Crippen LogP contribution in [0.1, 0.15) is 53.4 Å². The molecule has 122 valence electrons. The Hall–Kier alpha value is -0.610. The normalized spacial score (nSPS) is 29.1. The maximum absolute atomic E-state index is 12.9. The summed E-state index contributed by atoms with van der Waals surface area (Å²) in [5, 5.41) is 3.65. The number of nitrogens with zero attached hydrogens (tertiary/aromatic N) is 1. The van der Waals surface area contributed by atoms with E-state index >= 15 is 0 Å². The predicted molar refractivity (Wildman–Crippen MR) is 84.9 cm³/mol. The number of methoxy groups -OCH3 is 1. The van der Waals surface area contributed by atoms with E-state index in [9.17, 15) is 4.79 Å². The van der Waals surface area contributed by atoms with Crippen LogP contribution in [0.25, 0.3) is 0 Å². The van der Waals surface area contributed by atoms with Gasteiger partial charge in [-0.05, 0) is 30.6 Å². The first-order valence-corrected chi connectivity index (χ1v) is 8.54. The van der Waals surface area contributed by atoms with Gasteiger partial charge in [-0.15, -0.1) is 0 Å². The van der Waals surface area contributed by atoms with Gasteiger partial charge in [0.15, 0.2) is 0 Å². The van der Waals surface area contributed by atoms with Crippen molar-refractivity contribution in [2.45, 2.75) is 71.6 Å². The van der Waals surface area contributed by atoms with Crippen molar-refractivity contribution in [1.29, 1.82) is 0 Å². The Labute approximate surface area is 129 Å². The van der Waals surface area contributed by atoms with Gasteiger partial charge in [0.1, 0.15) is 0 Å². The van der Waals surface area contributed by atoms with Gasteiger partial charge in [0.05, 0.1) is 24.9 Å². The molecule has 2 aliphatic rings. The molecule has 0 aromatic carbocycles. The van der Waals surface area contributed by atoms with E-state index in [1.807, 2.05) is 0 Å². The molecule has 1 aliphatic carbocycles. The summed E-state index contributed by atoms with van der Waals surface area (Å²) in [7, 11) is 1.73. The zero-order valence-corrected chi connectivity index (χ0v) is 14.3. The van der Waals surface area contributed by atoms with Crippen LogP contribution in [0.5, 0.6) is 0 Å². The molecular weight excluding hydrogens is 264 g/mol. The van der Waals surface area contributed by atoms with E-state index in [0.717, 1.165) is 0 Å². The minimum atomic E-state index is -0.0336. The van der Waals surface area contributed by atoms with Crippen LogP contribution in [0.2, 0.25) is 0 Å². The molecule has 0 spiro atoms. The lowest BCUT2D eigenvalue weighted by Crippen LogP contribution is -2.51. The lowest BCUT2D eigenvalue weighted by Gasteiger charge is -2.37. The molecule has 1 N–H and O–H groups in total. The Morgan fingerprint density at radius 3 is 2.33 bits per heavy atom. The number of carbonyl (C=O) groups excluding carboxylic acids is 1. The summed E-state index contributed by atoms with van der Waals surface area (Å²) in [4.78, 5) is 15.1. The van der Waals surface area contributed by atoms with Crippen molar-refractivity contribution < 1.29 is 9.53 Å². The van der Waals surface area contributed by atoms with Gasteiger partial charge in [0.2, 0.25) is 5.91 Å². The summed E-state index contributed by atoms with van der Waals surface area (Å²) >= 11 is 0. The molecule has 1 amide bonds. The number of amides is 1. The van der Waals surface area contributed by atoms with E-state index in [-0.39, 0.29) is 24.2 Å². The average Bonchev–Trinajstić information content (AvgIpc) is 3.03. The summed E-state index contributed by atoms with van der Waals surface area (Å²) in [5.74, 6) is 1.63. The average molecular weight is 296 g/mol. The second-order valence-electron chi connectivity index (χ2n) is 7.39. The van der Waals surface area contributed by atoms with Crippen LogP contribution in [-0.4, -0.2) is 42.8 Å². The summed E-state index contributed by atoms with van der Waals surface area (Å²) in [5.41, 5.74) is 0. The van der Waals surface area contributed by atoms with Crippen LogP contribution in [0.3, 0.4) is 0 Å². The summed E-state index contributed by atoms with van der Waals surface area (Å²) in [6.45, 7) is 9.26. The molecule has 0 bridgehead atoms. The molecule has 1 aliphatic heterocycles. The second-order valence-corrected chi connectivity index (χ2v) is 7.39. The zero-order chi connectivity index (χ0) is 15.6. The first-order valence-electron chi connectivity index (χ1n) is 8.54. The van der Waals surface area contributed by atoms with E-state index in [1.54, 1.807) is 7.11 Å². The third-order valence-corrected chi connectivity index (χ3v) is 5.15. The lowest BCUT2D eigenvalue weighted by molar-refractivity contribution is -0.136. The van der Waals surface area contributed by atoms with Crippen molar-refractivity contribution in [2.24, 2.45) is 17.8 Å². The highest BCUT2D eigenvalue weighted by atomic mass is 16.5. The molecule has 3 atom stereocenters. The van der Waals surface area contributed by atoms with Crippen molar-refractivity contribution in [3.63, 3.8) is 0 Å². The van der Waals surface area contributed by atoms with Crippen LogP contribution in [0.4, 0.5) is 0 Å². The van der Waals surface area contributed by atoms with Crippen LogP contribution >= 0.6 is 0 Å². The fourth-order valence-corrected chi connectivity index (χ4v) is 3.88. The minimum Gasteiger partial charge on any atom is -0.383 e. The standard InChI is InChI=1S/C17H32N2O2/c1-11(2)14(10-21-5)19-16(13-8-6-7-9-13)18-15(12(3)4)17(19)20/h11-16,18H,6-10H2,1-5H3. The van der Waals surface area contributed by atoms with Crippen molar-refractivity contribution in [2.75, 3.05) is 13.7 Å². The fourth-order valence-electron chi connectivity index (χ4n) is 3.88. The summed E-state index contributed by atoms with van der Waals surface area (Å²) < 4.78 is 5.41. The highest BCUT2D eigenvalue weighted by Gasteiger charge is 2.47. The zero-order valence-electron chi connectivity index (χ0n) is 14.3. The lowest BCUT2D eigenvalue weighted by atomic mass is 9.98. The van der Waals surface area contributed by atoms with Gasteiger partial charge < -0.3 is 9.64 Å². The van der Waals surface area contributed by atoms with Crippen molar-refractivity contribution >= 4 is 5.91 Å². The van der Waals surface area contributed by atoms with Gasteiger partial charge in [-0.25, -0.2) is 0 Å². The molecule has 1 heterocycles. The van der Waals surface area contributed by atoms with E-state index in [1.165, 1.54) is 25.7 Å². The molecule has 21 heavy (non-hydrogen) atoms. The second kappa shape index (κ2) is 7.10. The van der Waals surface area contributed by atoms with Gasteiger partial charge in [-0.2, -0.15) is 0 Å². The number of hydrogen-bond acceptors (Lipinski definition) is 3. The van der Waals surface area contributed by atoms with Crippen LogP contribution in [0.15, 0.2) is 0 Å². The van der Waals surface area contributed by atoms with Gasteiger partial charge in [0.25, 0.3) is 0 Å². The fraction of sp³-hybridized carbons (Fsp3) is 0.941. The van der Waals surface area contributed by atoms with E-state index < -0.39 is 0 Å². The van der Waals surface area contributed by atoms with E-state index in [2.05, 4.69) is 37.9 Å². The molecule has 3 unspecified atom stereocenters. The number of hydrogen-bond donors (Lipinski definition) is 1. The molecule has 0 aromatic heterocycles. The Morgan fingerprint density at radius 1 is 1.24 bits per heavy atom. The SMILES string of the molecule is COCC(C(C)C)N1C(=O)C(C(C)C)NC1C1CCCC1. The molecule has 2 fully saturated rings. The van der Waals surface area contributed by atoms with Crippen LogP contribution in [-0.2, 0) is 9.53 Å². The summed E-state index contributed by atoms with van der Waals surface area (Å²) in [6, 6.07) is 0.137. The first-order chi connectivity index (χ1) is 9.97. The number of carbonyl (C=O) groups is 1. The number of ether oxygens (including phenoxy) is 1. The Bertz CT molecular complexity index is 351. The Kier molecular flexibility index (Phi) is 5.67. The quantitative estimate of drug-likeness (QED) is 0.819. The monoisotopic (exact) mass is 296 g/mol. The Balaban J connectivity index is 2.24. The third kappa shape index (κ3) is 3.42. The molecule has 2 rings (SSSR count). The Morgan fingerprint density at radius 2 is 1.86 bits per heavy atom. The molecule has 1 saturated heterocycles.